The Labute approximate surface area is 106 Å². The number of nitrogens with zero attached hydrogens (tertiary/aromatic N) is 1. The molecule has 1 aromatic carbocycles. The first-order chi connectivity index (χ1) is 8.09. The Morgan fingerprint density at radius 3 is 2.59 bits per heavy atom. The summed E-state index contributed by atoms with van der Waals surface area (Å²) in [5, 5.41) is 0.407. The zero-order chi connectivity index (χ0) is 12.4. The Balaban J connectivity index is 2.32. The molecule has 1 amide bonds. The van der Waals surface area contributed by atoms with Gasteiger partial charge < -0.3 is 16.4 Å². The zero-order valence-corrected chi connectivity index (χ0v) is 10.3. The van der Waals surface area contributed by atoms with Crippen molar-refractivity contribution < 1.29 is 4.79 Å². The van der Waals surface area contributed by atoms with Gasteiger partial charge in [0.15, 0.2) is 0 Å². The number of carbonyl (C=O) groups is 1. The van der Waals surface area contributed by atoms with E-state index >= 15 is 0 Å². The summed E-state index contributed by atoms with van der Waals surface area (Å²) in [4.78, 5) is 13.6. The maximum Gasteiger partial charge on any atom is 0.252 e. The standard InChI is InChI=1S/C12H16ClN3O/c13-9-2-1-3-10(11(9)12(15)17)16-6-4-8(14)5-7-16/h1-3,8H,4-7,14H2,(H2,15,17). The molecule has 1 aliphatic rings. The molecule has 4 nitrogen and oxygen atoms in total. The quantitative estimate of drug-likeness (QED) is 0.836. The van der Waals surface area contributed by atoms with Gasteiger partial charge in [-0.25, -0.2) is 0 Å². The van der Waals surface area contributed by atoms with Crippen LogP contribution in [0.1, 0.15) is 23.2 Å². The molecule has 17 heavy (non-hydrogen) atoms. The zero-order valence-electron chi connectivity index (χ0n) is 9.53. The smallest absolute Gasteiger partial charge is 0.252 e. The van der Waals surface area contributed by atoms with Gasteiger partial charge in [0.05, 0.1) is 16.3 Å². The largest absolute Gasteiger partial charge is 0.371 e. The molecular weight excluding hydrogens is 238 g/mol. The molecule has 5 heteroatoms. The summed E-state index contributed by atoms with van der Waals surface area (Å²) in [6.07, 6.45) is 1.84. The lowest BCUT2D eigenvalue weighted by atomic mass is 10.0. The van der Waals surface area contributed by atoms with Crippen molar-refractivity contribution in [2.75, 3.05) is 18.0 Å². The second-order valence-corrected chi connectivity index (χ2v) is 4.73. The molecule has 1 aromatic rings. The lowest BCUT2D eigenvalue weighted by Gasteiger charge is -2.33. The van der Waals surface area contributed by atoms with Crippen molar-refractivity contribution in [3.8, 4) is 0 Å². The molecule has 0 radical (unpaired) electrons. The van der Waals surface area contributed by atoms with Crippen LogP contribution in [0.25, 0.3) is 0 Å². The summed E-state index contributed by atoms with van der Waals surface area (Å²) in [7, 11) is 0. The van der Waals surface area contributed by atoms with Crippen LogP contribution >= 0.6 is 11.6 Å². The molecule has 92 valence electrons. The molecule has 2 rings (SSSR count). The highest BCUT2D eigenvalue weighted by molar-refractivity contribution is 6.34. The van der Waals surface area contributed by atoms with Gasteiger partial charge in [0, 0.05) is 19.1 Å². The average molecular weight is 254 g/mol. The fourth-order valence-electron chi connectivity index (χ4n) is 2.16. The summed E-state index contributed by atoms with van der Waals surface area (Å²) >= 11 is 6.02. The Morgan fingerprint density at radius 1 is 1.35 bits per heavy atom. The lowest BCUT2D eigenvalue weighted by molar-refractivity contribution is 0.100. The summed E-state index contributed by atoms with van der Waals surface area (Å²) in [6, 6.07) is 5.64. The summed E-state index contributed by atoms with van der Waals surface area (Å²) in [5.74, 6) is -0.486. The Morgan fingerprint density at radius 2 is 2.00 bits per heavy atom. The molecule has 1 fully saturated rings. The number of carbonyl (C=O) groups excluding carboxylic acids is 1. The number of hydrogen-bond acceptors (Lipinski definition) is 3. The van der Waals surface area contributed by atoms with Crippen LogP contribution in [-0.2, 0) is 0 Å². The third kappa shape index (κ3) is 2.53. The van der Waals surface area contributed by atoms with Crippen molar-refractivity contribution in [2.45, 2.75) is 18.9 Å². The first kappa shape index (κ1) is 12.2. The number of hydrogen-bond donors (Lipinski definition) is 2. The van der Waals surface area contributed by atoms with E-state index < -0.39 is 5.91 Å². The number of nitrogens with two attached hydrogens (primary N) is 2. The molecule has 1 heterocycles. The maximum absolute atomic E-state index is 11.4. The summed E-state index contributed by atoms with van der Waals surface area (Å²) < 4.78 is 0. The van der Waals surface area contributed by atoms with Gasteiger partial charge in [-0.05, 0) is 25.0 Å². The van der Waals surface area contributed by atoms with E-state index in [-0.39, 0.29) is 6.04 Å². The van der Waals surface area contributed by atoms with Crippen LogP contribution in [0.4, 0.5) is 5.69 Å². The number of rotatable bonds is 2. The molecule has 0 atom stereocenters. The minimum atomic E-state index is -0.486. The molecule has 1 aliphatic heterocycles. The van der Waals surface area contributed by atoms with Crippen LogP contribution in [0.15, 0.2) is 18.2 Å². The fraction of sp³-hybridized carbons (Fsp3) is 0.417. The Kier molecular flexibility index (Phi) is 3.54. The van der Waals surface area contributed by atoms with Crippen LogP contribution in [0.2, 0.25) is 5.02 Å². The van der Waals surface area contributed by atoms with Gasteiger partial charge in [-0.2, -0.15) is 0 Å². The predicted octanol–water partition coefficient (Wildman–Crippen LogP) is 1.37. The highest BCUT2D eigenvalue weighted by Crippen LogP contribution is 2.28. The molecule has 0 unspecified atom stereocenters. The number of primary amides is 1. The van der Waals surface area contributed by atoms with E-state index in [1.807, 2.05) is 12.1 Å². The molecular formula is C12H16ClN3O. The van der Waals surface area contributed by atoms with E-state index in [4.69, 9.17) is 23.1 Å². The minimum absolute atomic E-state index is 0.252. The van der Waals surface area contributed by atoms with Crippen LogP contribution in [0, 0.1) is 0 Å². The summed E-state index contributed by atoms with van der Waals surface area (Å²) in [5.41, 5.74) is 12.5. The topological polar surface area (TPSA) is 72.4 Å². The molecule has 0 aliphatic carbocycles. The van der Waals surface area contributed by atoms with Gasteiger partial charge in [0.1, 0.15) is 0 Å². The van der Waals surface area contributed by atoms with E-state index in [9.17, 15) is 4.79 Å². The lowest BCUT2D eigenvalue weighted by Crippen LogP contribution is -2.40. The number of anilines is 1. The third-order valence-electron chi connectivity index (χ3n) is 3.12. The molecule has 0 saturated carbocycles. The SMILES string of the molecule is NC(=O)c1c(Cl)cccc1N1CCC(N)CC1. The second-order valence-electron chi connectivity index (χ2n) is 4.32. The first-order valence-electron chi connectivity index (χ1n) is 5.68. The second kappa shape index (κ2) is 4.94. The van der Waals surface area contributed by atoms with Crippen molar-refractivity contribution in [1.29, 1.82) is 0 Å². The van der Waals surface area contributed by atoms with Gasteiger partial charge in [-0.3, -0.25) is 4.79 Å². The predicted molar refractivity (Wildman–Crippen MR) is 69.4 cm³/mol. The molecule has 4 N–H and O–H groups in total. The molecule has 1 saturated heterocycles. The van der Waals surface area contributed by atoms with Gasteiger partial charge in [0.2, 0.25) is 0 Å². The van der Waals surface area contributed by atoms with Crippen molar-refractivity contribution in [2.24, 2.45) is 11.5 Å². The number of amides is 1. The van der Waals surface area contributed by atoms with E-state index in [0.29, 0.717) is 10.6 Å². The maximum atomic E-state index is 11.4. The monoisotopic (exact) mass is 253 g/mol. The molecule has 0 bridgehead atoms. The van der Waals surface area contributed by atoms with Gasteiger partial charge in [0.25, 0.3) is 5.91 Å². The highest BCUT2D eigenvalue weighted by atomic mass is 35.5. The van der Waals surface area contributed by atoms with Gasteiger partial charge >= 0.3 is 0 Å². The van der Waals surface area contributed by atoms with E-state index in [0.717, 1.165) is 31.6 Å². The molecule has 0 aromatic heterocycles. The van der Waals surface area contributed by atoms with Gasteiger partial charge in [-0.15, -0.1) is 0 Å². The van der Waals surface area contributed by atoms with E-state index in [2.05, 4.69) is 4.90 Å². The highest BCUT2D eigenvalue weighted by Gasteiger charge is 2.21. The normalized spacial score (nSPS) is 17.2. The van der Waals surface area contributed by atoms with E-state index in [1.54, 1.807) is 6.07 Å². The van der Waals surface area contributed by atoms with Crippen molar-refractivity contribution >= 4 is 23.2 Å². The van der Waals surface area contributed by atoms with Crippen molar-refractivity contribution in [3.05, 3.63) is 28.8 Å². The average Bonchev–Trinajstić information content (AvgIpc) is 2.29. The Hall–Kier alpha value is -1.26. The fourth-order valence-corrected chi connectivity index (χ4v) is 2.42. The van der Waals surface area contributed by atoms with Gasteiger partial charge in [-0.1, -0.05) is 17.7 Å². The molecule has 0 spiro atoms. The van der Waals surface area contributed by atoms with Crippen LogP contribution in [-0.4, -0.2) is 25.0 Å². The van der Waals surface area contributed by atoms with Crippen LogP contribution in [0.3, 0.4) is 0 Å². The number of piperidine rings is 1. The van der Waals surface area contributed by atoms with E-state index in [1.165, 1.54) is 0 Å². The minimum Gasteiger partial charge on any atom is -0.371 e. The van der Waals surface area contributed by atoms with Crippen molar-refractivity contribution in [3.63, 3.8) is 0 Å². The number of halogens is 1. The number of benzene rings is 1. The Bertz CT molecular complexity index is 428. The summed E-state index contributed by atoms with van der Waals surface area (Å²) in [6.45, 7) is 1.67. The van der Waals surface area contributed by atoms with Crippen LogP contribution in [0.5, 0.6) is 0 Å². The van der Waals surface area contributed by atoms with Crippen molar-refractivity contribution in [1.82, 2.24) is 0 Å². The van der Waals surface area contributed by atoms with Crippen LogP contribution < -0.4 is 16.4 Å². The first-order valence-corrected chi connectivity index (χ1v) is 6.06. The third-order valence-corrected chi connectivity index (χ3v) is 3.43.